The quantitative estimate of drug-likeness (QED) is 0.542. The molecule has 0 rings (SSSR count). The van der Waals surface area contributed by atoms with E-state index in [9.17, 15) is 4.79 Å². The van der Waals surface area contributed by atoms with Gasteiger partial charge in [-0.15, -0.1) is 0 Å². The lowest BCUT2D eigenvalue weighted by Gasteiger charge is -2.08. The Balaban J connectivity index is 3.51. The van der Waals surface area contributed by atoms with Gasteiger partial charge in [0.1, 0.15) is 6.29 Å². The molecule has 0 spiro atoms. The molecule has 1 atom stereocenters. The molecule has 8 heavy (non-hydrogen) atoms. The molecule has 2 heteroatoms. The van der Waals surface area contributed by atoms with E-state index in [0.717, 1.165) is 6.29 Å². The lowest BCUT2D eigenvalue weighted by Crippen LogP contribution is -2.11. The van der Waals surface area contributed by atoms with Crippen molar-refractivity contribution >= 4 is 18.0 Å². The first kappa shape index (κ1) is 8.02. The topological polar surface area (TPSA) is 17.1 Å². The second kappa shape index (κ2) is 3.96. The van der Waals surface area contributed by atoms with Crippen LogP contribution in [0.4, 0.5) is 0 Å². The Morgan fingerprint density at radius 3 is 2.00 bits per heavy atom. The SMILES string of the molecule is CSC(C=O)C(C)C. The molecule has 1 nitrogen and oxygen atoms in total. The Labute approximate surface area is 54.8 Å². The van der Waals surface area contributed by atoms with Gasteiger partial charge in [-0.3, -0.25) is 0 Å². The molecule has 0 amide bonds. The fourth-order valence-corrected chi connectivity index (χ4v) is 1.14. The molecule has 0 aliphatic heterocycles. The summed E-state index contributed by atoms with van der Waals surface area (Å²) in [5, 5.41) is 0.190. The third-order valence-electron chi connectivity index (χ3n) is 1.06. The highest BCUT2D eigenvalue weighted by Gasteiger charge is 2.08. The highest BCUT2D eigenvalue weighted by atomic mass is 32.2. The number of carbonyl (C=O) groups is 1. The van der Waals surface area contributed by atoms with Gasteiger partial charge in [0.05, 0.1) is 5.25 Å². The first-order valence-corrected chi connectivity index (χ1v) is 3.99. The molecule has 0 N–H and O–H groups in total. The summed E-state index contributed by atoms with van der Waals surface area (Å²) in [6.45, 7) is 4.10. The van der Waals surface area contributed by atoms with Gasteiger partial charge in [0.15, 0.2) is 0 Å². The van der Waals surface area contributed by atoms with Crippen molar-refractivity contribution in [2.75, 3.05) is 6.26 Å². The number of carbonyl (C=O) groups excluding carboxylic acids is 1. The smallest absolute Gasteiger partial charge is 0.133 e. The summed E-state index contributed by atoms with van der Waals surface area (Å²) in [5.41, 5.74) is 0. The summed E-state index contributed by atoms with van der Waals surface area (Å²) in [5.74, 6) is 0.475. The van der Waals surface area contributed by atoms with Crippen LogP contribution >= 0.6 is 11.8 Å². The fraction of sp³-hybridized carbons (Fsp3) is 0.833. The predicted octanol–water partition coefficient (Wildman–Crippen LogP) is 1.57. The van der Waals surface area contributed by atoms with E-state index in [0.29, 0.717) is 5.92 Å². The van der Waals surface area contributed by atoms with Crippen molar-refractivity contribution in [3.8, 4) is 0 Å². The van der Waals surface area contributed by atoms with Crippen molar-refractivity contribution in [1.82, 2.24) is 0 Å². The lowest BCUT2D eigenvalue weighted by atomic mass is 10.1. The van der Waals surface area contributed by atoms with E-state index >= 15 is 0 Å². The van der Waals surface area contributed by atoms with Crippen LogP contribution < -0.4 is 0 Å². The van der Waals surface area contributed by atoms with Gasteiger partial charge in [-0.25, -0.2) is 0 Å². The minimum Gasteiger partial charge on any atom is -0.302 e. The van der Waals surface area contributed by atoms with Crippen molar-refractivity contribution in [2.24, 2.45) is 5.92 Å². The maximum Gasteiger partial charge on any atom is 0.133 e. The number of rotatable bonds is 3. The Bertz CT molecular complexity index is 70.9. The Morgan fingerprint density at radius 2 is 2.00 bits per heavy atom. The monoisotopic (exact) mass is 132 g/mol. The van der Waals surface area contributed by atoms with Crippen molar-refractivity contribution in [2.45, 2.75) is 19.1 Å². The number of thioether (sulfide) groups is 1. The van der Waals surface area contributed by atoms with Crippen LogP contribution in [0.5, 0.6) is 0 Å². The van der Waals surface area contributed by atoms with E-state index in [1.54, 1.807) is 11.8 Å². The second-order valence-electron chi connectivity index (χ2n) is 2.08. The van der Waals surface area contributed by atoms with Gasteiger partial charge in [0.25, 0.3) is 0 Å². The predicted molar refractivity (Wildman–Crippen MR) is 38.2 cm³/mol. The summed E-state index contributed by atoms with van der Waals surface area (Å²) in [6, 6.07) is 0. The van der Waals surface area contributed by atoms with Crippen LogP contribution in [0.3, 0.4) is 0 Å². The largest absolute Gasteiger partial charge is 0.302 e. The summed E-state index contributed by atoms with van der Waals surface area (Å²) in [6.07, 6.45) is 2.97. The average molecular weight is 132 g/mol. The van der Waals surface area contributed by atoms with Crippen LogP contribution in [-0.4, -0.2) is 17.8 Å². The second-order valence-corrected chi connectivity index (χ2v) is 3.10. The minimum absolute atomic E-state index is 0.190. The van der Waals surface area contributed by atoms with Crippen molar-refractivity contribution in [3.05, 3.63) is 0 Å². The molecule has 0 radical (unpaired) electrons. The number of aldehydes is 1. The number of hydrogen-bond acceptors (Lipinski definition) is 2. The summed E-state index contributed by atoms with van der Waals surface area (Å²) < 4.78 is 0. The highest BCUT2D eigenvalue weighted by Crippen LogP contribution is 2.12. The van der Waals surface area contributed by atoms with Crippen LogP contribution in [0.1, 0.15) is 13.8 Å². The highest BCUT2D eigenvalue weighted by molar-refractivity contribution is 7.99. The molecule has 0 heterocycles. The Kier molecular flexibility index (Phi) is 3.97. The molecule has 0 aliphatic carbocycles. The zero-order valence-corrected chi connectivity index (χ0v) is 6.37. The Morgan fingerprint density at radius 1 is 1.50 bits per heavy atom. The van der Waals surface area contributed by atoms with Crippen LogP contribution in [-0.2, 0) is 4.79 Å². The Hall–Kier alpha value is 0.0200. The van der Waals surface area contributed by atoms with Gasteiger partial charge in [-0.1, -0.05) is 13.8 Å². The van der Waals surface area contributed by atoms with Gasteiger partial charge in [-0.05, 0) is 12.2 Å². The van der Waals surface area contributed by atoms with Crippen molar-refractivity contribution in [1.29, 1.82) is 0 Å². The molecule has 0 bridgehead atoms. The standard InChI is InChI=1S/C6H12OS/c1-5(2)6(4-7)8-3/h4-6H,1-3H3. The summed E-state index contributed by atoms with van der Waals surface area (Å²) in [4.78, 5) is 10.2. The molecule has 0 aromatic rings. The van der Waals surface area contributed by atoms with Gasteiger partial charge in [-0.2, -0.15) is 11.8 Å². The zero-order chi connectivity index (χ0) is 6.57. The zero-order valence-electron chi connectivity index (χ0n) is 5.55. The van der Waals surface area contributed by atoms with Crippen LogP contribution in [0.15, 0.2) is 0 Å². The first-order valence-electron chi connectivity index (χ1n) is 2.70. The first-order chi connectivity index (χ1) is 3.72. The van der Waals surface area contributed by atoms with Gasteiger partial charge in [0, 0.05) is 0 Å². The van der Waals surface area contributed by atoms with Crippen molar-refractivity contribution in [3.63, 3.8) is 0 Å². The molecule has 0 fully saturated rings. The van der Waals surface area contributed by atoms with Gasteiger partial charge >= 0.3 is 0 Å². The van der Waals surface area contributed by atoms with E-state index < -0.39 is 0 Å². The molecule has 48 valence electrons. The molecule has 0 aromatic carbocycles. The normalized spacial score (nSPS) is 14.0. The summed E-state index contributed by atoms with van der Waals surface area (Å²) in [7, 11) is 0. The number of hydrogen-bond donors (Lipinski definition) is 0. The lowest BCUT2D eigenvalue weighted by molar-refractivity contribution is -0.107. The molecular weight excluding hydrogens is 120 g/mol. The van der Waals surface area contributed by atoms with Crippen LogP contribution in [0, 0.1) is 5.92 Å². The average Bonchev–Trinajstić information content (AvgIpc) is 1.69. The molecule has 1 unspecified atom stereocenters. The van der Waals surface area contributed by atoms with E-state index in [4.69, 9.17) is 0 Å². The molecular formula is C6H12OS. The van der Waals surface area contributed by atoms with E-state index in [2.05, 4.69) is 13.8 Å². The third-order valence-corrected chi connectivity index (χ3v) is 2.26. The maximum atomic E-state index is 10.2. The fourth-order valence-electron chi connectivity index (χ4n) is 0.485. The molecule has 0 saturated carbocycles. The molecule has 0 aromatic heterocycles. The van der Waals surface area contributed by atoms with Gasteiger partial charge in [0.2, 0.25) is 0 Å². The van der Waals surface area contributed by atoms with E-state index in [-0.39, 0.29) is 5.25 Å². The maximum absolute atomic E-state index is 10.2. The molecule has 0 saturated heterocycles. The third kappa shape index (κ3) is 2.36. The molecule has 0 aliphatic rings. The van der Waals surface area contributed by atoms with Gasteiger partial charge < -0.3 is 4.79 Å². The van der Waals surface area contributed by atoms with Crippen LogP contribution in [0.2, 0.25) is 0 Å². The van der Waals surface area contributed by atoms with E-state index in [1.165, 1.54) is 0 Å². The van der Waals surface area contributed by atoms with E-state index in [1.807, 2.05) is 6.26 Å². The van der Waals surface area contributed by atoms with Crippen molar-refractivity contribution < 1.29 is 4.79 Å². The van der Waals surface area contributed by atoms with Crippen LogP contribution in [0.25, 0.3) is 0 Å². The minimum atomic E-state index is 0.190. The summed E-state index contributed by atoms with van der Waals surface area (Å²) >= 11 is 1.61.